The fourth-order valence-corrected chi connectivity index (χ4v) is 2.47. The minimum Gasteiger partial charge on any atom is -0.293 e. The lowest BCUT2D eigenvalue weighted by molar-refractivity contribution is 0.0993. The molecule has 1 atom stereocenters. The molecule has 0 bridgehead atoms. The number of aromatic amines is 1. The average Bonchev–Trinajstić information content (AvgIpc) is 2.89. The highest BCUT2D eigenvalue weighted by atomic mass is 32.2. The molecule has 1 unspecified atom stereocenters. The van der Waals surface area contributed by atoms with Crippen LogP contribution in [0.1, 0.15) is 42.9 Å². The lowest BCUT2D eigenvalue weighted by atomic mass is 10.1. The van der Waals surface area contributed by atoms with E-state index in [4.69, 9.17) is 0 Å². The van der Waals surface area contributed by atoms with Crippen molar-refractivity contribution in [1.82, 2.24) is 15.2 Å². The first-order valence-electron chi connectivity index (χ1n) is 6.46. The summed E-state index contributed by atoms with van der Waals surface area (Å²) in [6.07, 6.45) is 0. The molecule has 4 nitrogen and oxygen atoms in total. The standard InChI is InChI=1S/C14H15F2N3OS/c1-7(2)13-17-14(19-18-13)21-8(3)12(20)9-4-5-10(15)11(16)6-9/h4-8H,1-3H3,(H,17,18,19). The molecule has 1 heterocycles. The molecular weight excluding hydrogens is 296 g/mol. The van der Waals surface area contributed by atoms with Crippen LogP contribution in [0.2, 0.25) is 0 Å². The zero-order valence-electron chi connectivity index (χ0n) is 11.9. The summed E-state index contributed by atoms with van der Waals surface area (Å²) in [6.45, 7) is 5.63. The molecule has 0 radical (unpaired) electrons. The predicted molar refractivity (Wildman–Crippen MR) is 76.5 cm³/mol. The summed E-state index contributed by atoms with van der Waals surface area (Å²) < 4.78 is 26.0. The molecule has 1 N–H and O–H groups in total. The highest BCUT2D eigenvalue weighted by molar-refractivity contribution is 8.00. The predicted octanol–water partition coefficient (Wildman–Crippen LogP) is 3.57. The molecule has 1 aromatic carbocycles. The fourth-order valence-electron chi connectivity index (χ4n) is 1.66. The van der Waals surface area contributed by atoms with Gasteiger partial charge < -0.3 is 0 Å². The van der Waals surface area contributed by atoms with Crippen LogP contribution in [0.5, 0.6) is 0 Å². The normalized spacial score (nSPS) is 12.7. The van der Waals surface area contributed by atoms with Crippen LogP contribution in [-0.2, 0) is 0 Å². The Kier molecular flexibility index (Phi) is 4.72. The summed E-state index contributed by atoms with van der Waals surface area (Å²) in [4.78, 5) is 16.4. The van der Waals surface area contributed by atoms with Crippen LogP contribution in [-0.4, -0.2) is 26.2 Å². The van der Waals surface area contributed by atoms with E-state index in [0.29, 0.717) is 5.16 Å². The molecule has 0 aliphatic heterocycles. The van der Waals surface area contributed by atoms with Crippen molar-refractivity contribution >= 4 is 17.5 Å². The van der Waals surface area contributed by atoms with Crippen molar-refractivity contribution in [3.63, 3.8) is 0 Å². The number of aromatic nitrogens is 3. The molecule has 0 amide bonds. The Balaban J connectivity index is 2.09. The van der Waals surface area contributed by atoms with Crippen molar-refractivity contribution in [3.8, 4) is 0 Å². The van der Waals surface area contributed by atoms with Crippen LogP contribution in [0.4, 0.5) is 8.78 Å². The van der Waals surface area contributed by atoms with E-state index < -0.39 is 16.9 Å². The summed E-state index contributed by atoms with van der Waals surface area (Å²) in [6, 6.07) is 3.13. The summed E-state index contributed by atoms with van der Waals surface area (Å²) in [7, 11) is 0. The van der Waals surface area contributed by atoms with Gasteiger partial charge in [0, 0.05) is 11.5 Å². The maximum absolute atomic E-state index is 13.2. The van der Waals surface area contributed by atoms with Crippen molar-refractivity contribution in [2.75, 3.05) is 0 Å². The number of rotatable bonds is 5. The van der Waals surface area contributed by atoms with Gasteiger partial charge in [-0.25, -0.2) is 13.8 Å². The number of nitrogens with zero attached hydrogens (tertiary/aromatic N) is 2. The van der Waals surface area contributed by atoms with Crippen LogP contribution in [0.25, 0.3) is 0 Å². The Labute approximate surface area is 125 Å². The van der Waals surface area contributed by atoms with Crippen molar-refractivity contribution < 1.29 is 13.6 Å². The lowest BCUT2D eigenvalue weighted by Crippen LogP contribution is -2.14. The first kappa shape index (κ1) is 15.6. The molecule has 0 aliphatic rings. The second kappa shape index (κ2) is 6.34. The SMILES string of the molecule is CC(Sc1n[nH]c(C(C)C)n1)C(=O)c1ccc(F)c(F)c1. The van der Waals surface area contributed by atoms with Crippen LogP contribution in [0.3, 0.4) is 0 Å². The fraction of sp³-hybridized carbons (Fsp3) is 0.357. The number of Topliss-reactive ketones (excluding diaryl/α,β-unsaturated/α-hetero) is 1. The molecule has 0 fully saturated rings. The zero-order chi connectivity index (χ0) is 15.6. The number of carbonyl (C=O) groups is 1. The topological polar surface area (TPSA) is 58.6 Å². The number of hydrogen-bond acceptors (Lipinski definition) is 4. The van der Waals surface area contributed by atoms with E-state index in [1.54, 1.807) is 6.92 Å². The Morgan fingerprint density at radius 1 is 1.24 bits per heavy atom. The van der Waals surface area contributed by atoms with E-state index >= 15 is 0 Å². The first-order chi connectivity index (χ1) is 9.88. The molecule has 112 valence electrons. The van der Waals surface area contributed by atoms with Gasteiger partial charge in [-0.3, -0.25) is 9.89 Å². The Hall–Kier alpha value is -1.76. The Bertz CT molecular complexity index is 657. The van der Waals surface area contributed by atoms with E-state index in [1.165, 1.54) is 17.8 Å². The molecule has 0 saturated carbocycles. The van der Waals surface area contributed by atoms with Gasteiger partial charge in [-0.15, -0.1) is 5.10 Å². The van der Waals surface area contributed by atoms with Crippen LogP contribution in [0.15, 0.2) is 23.4 Å². The highest BCUT2D eigenvalue weighted by Gasteiger charge is 2.20. The van der Waals surface area contributed by atoms with E-state index in [9.17, 15) is 13.6 Å². The first-order valence-corrected chi connectivity index (χ1v) is 7.34. The lowest BCUT2D eigenvalue weighted by Gasteiger charge is -2.08. The summed E-state index contributed by atoms with van der Waals surface area (Å²) >= 11 is 1.18. The molecule has 0 spiro atoms. The summed E-state index contributed by atoms with van der Waals surface area (Å²) in [5.74, 6) is -1.34. The number of H-pyrrole nitrogens is 1. The van der Waals surface area contributed by atoms with Gasteiger partial charge in [-0.05, 0) is 25.1 Å². The molecule has 21 heavy (non-hydrogen) atoms. The monoisotopic (exact) mass is 311 g/mol. The summed E-state index contributed by atoms with van der Waals surface area (Å²) in [5.41, 5.74) is 0.133. The quantitative estimate of drug-likeness (QED) is 0.677. The molecule has 7 heteroatoms. The molecular formula is C14H15F2N3OS. The third-order valence-electron chi connectivity index (χ3n) is 2.88. The Morgan fingerprint density at radius 3 is 2.52 bits per heavy atom. The minimum atomic E-state index is -1.03. The molecule has 0 aliphatic carbocycles. The van der Waals surface area contributed by atoms with Gasteiger partial charge in [0.1, 0.15) is 5.82 Å². The average molecular weight is 311 g/mol. The largest absolute Gasteiger partial charge is 0.293 e. The van der Waals surface area contributed by atoms with Crippen molar-refractivity contribution in [1.29, 1.82) is 0 Å². The van der Waals surface area contributed by atoms with Gasteiger partial charge in [0.05, 0.1) is 5.25 Å². The van der Waals surface area contributed by atoms with E-state index in [-0.39, 0.29) is 17.3 Å². The number of benzene rings is 1. The van der Waals surface area contributed by atoms with Crippen LogP contribution < -0.4 is 0 Å². The molecule has 0 saturated heterocycles. The van der Waals surface area contributed by atoms with E-state index in [1.807, 2.05) is 13.8 Å². The number of thioether (sulfide) groups is 1. The van der Waals surface area contributed by atoms with Gasteiger partial charge in [-0.2, -0.15) is 0 Å². The molecule has 2 aromatic rings. The second-order valence-electron chi connectivity index (χ2n) is 4.91. The van der Waals surface area contributed by atoms with Crippen molar-refractivity contribution in [3.05, 3.63) is 41.2 Å². The number of hydrogen-bond donors (Lipinski definition) is 1. The number of carbonyl (C=O) groups excluding carboxylic acids is 1. The minimum absolute atomic E-state index is 0.133. The molecule has 2 rings (SSSR count). The van der Waals surface area contributed by atoms with Crippen molar-refractivity contribution in [2.45, 2.75) is 37.1 Å². The second-order valence-corrected chi connectivity index (χ2v) is 6.22. The van der Waals surface area contributed by atoms with E-state index in [2.05, 4.69) is 15.2 Å². The van der Waals surface area contributed by atoms with Crippen LogP contribution in [0, 0.1) is 11.6 Å². The Morgan fingerprint density at radius 2 is 1.95 bits per heavy atom. The summed E-state index contributed by atoms with van der Waals surface area (Å²) in [5, 5.41) is 6.79. The third-order valence-corrected chi connectivity index (χ3v) is 3.85. The van der Waals surface area contributed by atoms with E-state index in [0.717, 1.165) is 18.0 Å². The number of nitrogens with one attached hydrogen (secondary N) is 1. The zero-order valence-corrected chi connectivity index (χ0v) is 12.7. The van der Waals surface area contributed by atoms with Gasteiger partial charge in [0.15, 0.2) is 17.4 Å². The van der Waals surface area contributed by atoms with Gasteiger partial charge >= 0.3 is 0 Å². The molecule has 1 aromatic heterocycles. The van der Waals surface area contributed by atoms with Gasteiger partial charge in [0.25, 0.3) is 0 Å². The van der Waals surface area contributed by atoms with Crippen LogP contribution >= 0.6 is 11.8 Å². The third kappa shape index (κ3) is 3.66. The highest BCUT2D eigenvalue weighted by Crippen LogP contribution is 2.24. The maximum atomic E-state index is 13.2. The number of ketones is 1. The number of halogens is 2. The smallest absolute Gasteiger partial charge is 0.209 e. The van der Waals surface area contributed by atoms with Gasteiger partial charge in [-0.1, -0.05) is 25.6 Å². The maximum Gasteiger partial charge on any atom is 0.209 e. The van der Waals surface area contributed by atoms with Crippen molar-refractivity contribution in [2.24, 2.45) is 0 Å². The van der Waals surface area contributed by atoms with Gasteiger partial charge in [0.2, 0.25) is 5.16 Å².